The quantitative estimate of drug-likeness (QED) is 0.0405. The minimum atomic E-state index is -0.541. The molecular formula is C60H58N18O6. The van der Waals surface area contributed by atoms with E-state index in [1.165, 1.54) is 18.7 Å². The van der Waals surface area contributed by atoms with Gasteiger partial charge in [0.1, 0.15) is 11.4 Å². The Morgan fingerprint density at radius 1 is 0.512 bits per heavy atom. The van der Waals surface area contributed by atoms with Gasteiger partial charge in [-0.3, -0.25) is 29.8 Å². The lowest BCUT2D eigenvalue weighted by molar-refractivity contribution is 0.0985. The first-order valence-electron chi connectivity index (χ1n) is 26.8. The van der Waals surface area contributed by atoms with Crippen LogP contribution in [-0.4, -0.2) is 133 Å². The third-order valence-corrected chi connectivity index (χ3v) is 13.7. The summed E-state index contributed by atoms with van der Waals surface area (Å²) in [6, 6.07) is 44.8. The number of aromatic nitrogens is 8. The Hall–Kier alpha value is -11.2. The van der Waals surface area contributed by atoms with Crippen LogP contribution in [0.3, 0.4) is 0 Å². The molecule has 2 aliphatic heterocycles. The minimum absolute atomic E-state index is 0.00851. The minimum Gasteiger partial charge on any atom is -0.369 e. The Labute approximate surface area is 480 Å². The first-order valence-corrected chi connectivity index (χ1v) is 26.8. The molecule has 0 saturated carbocycles. The second-order valence-corrected chi connectivity index (χ2v) is 19.3. The summed E-state index contributed by atoms with van der Waals surface area (Å²) in [6.07, 6.45) is 4.08. The Kier molecular flexibility index (Phi) is 17.6. The van der Waals surface area contributed by atoms with Crippen molar-refractivity contribution in [1.29, 1.82) is 0 Å². The fraction of sp³-hybridized carbons (Fsp3) is 0.167. The van der Waals surface area contributed by atoms with Crippen molar-refractivity contribution in [3.63, 3.8) is 0 Å². The van der Waals surface area contributed by atoms with Gasteiger partial charge in [0.15, 0.2) is 11.4 Å². The number of rotatable bonds is 12. The third kappa shape index (κ3) is 13.8. The topological polar surface area (TPSA) is 311 Å². The maximum Gasteiger partial charge on any atom is 0.321 e. The van der Waals surface area contributed by atoms with Crippen molar-refractivity contribution in [3.8, 4) is 0 Å². The number of aryl methyl sites for hydroxylation is 2. The zero-order valence-corrected chi connectivity index (χ0v) is 45.7. The van der Waals surface area contributed by atoms with Crippen LogP contribution in [-0.2, 0) is 4.79 Å². The molecule has 84 heavy (non-hydrogen) atoms. The van der Waals surface area contributed by atoms with Crippen molar-refractivity contribution in [2.24, 2.45) is 4.99 Å². The molecule has 424 valence electrons. The van der Waals surface area contributed by atoms with Crippen LogP contribution >= 0.6 is 0 Å². The van der Waals surface area contributed by atoms with E-state index < -0.39 is 23.6 Å². The number of hydrogen-bond donors (Lipinski definition) is 10. The highest BCUT2D eigenvalue weighted by Gasteiger charge is 2.26. The van der Waals surface area contributed by atoms with Crippen LogP contribution in [0.1, 0.15) is 53.1 Å². The van der Waals surface area contributed by atoms with Crippen molar-refractivity contribution in [2.45, 2.75) is 13.8 Å². The van der Waals surface area contributed by atoms with Gasteiger partial charge in [-0.15, -0.1) is 0 Å². The van der Waals surface area contributed by atoms with Crippen molar-refractivity contribution < 1.29 is 28.8 Å². The van der Waals surface area contributed by atoms with Gasteiger partial charge in [-0.2, -0.15) is 4.99 Å². The molecule has 2 fully saturated rings. The van der Waals surface area contributed by atoms with E-state index in [1.54, 1.807) is 17.0 Å². The van der Waals surface area contributed by atoms with Gasteiger partial charge in [0, 0.05) is 80.8 Å². The summed E-state index contributed by atoms with van der Waals surface area (Å²) in [5.74, 6) is -1.47. The van der Waals surface area contributed by atoms with Crippen molar-refractivity contribution in [1.82, 2.24) is 50.1 Å². The third-order valence-electron chi connectivity index (χ3n) is 13.7. The lowest BCUT2D eigenvalue weighted by atomic mass is 10.1. The normalized spacial score (nSPS) is 12.9. The van der Waals surface area contributed by atoms with Crippen molar-refractivity contribution >= 4 is 104 Å². The molecule has 0 aliphatic carbocycles. The lowest BCUT2D eigenvalue weighted by Gasteiger charge is -2.36. The van der Waals surface area contributed by atoms with E-state index in [0.29, 0.717) is 54.7 Å². The number of carbonyl (C=O) groups is 5. The molecule has 10 N–H and O–H groups in total. The number of carbonyl (C=O) groups excluding carboxylic acids is 6. The monoisotopic (exact) mass is 1130 g/mol. The molecule has 24 heteroatoms. The van der Waals surface area contributed by atoms with Crippen LogP contribution in [0.2, 0.25) is 0 Å². The number of nitrogens with zero attached hydrogens (tertiary/aromatic N) is 8. The molecule has 6 aromatic carbocycles. The number of H-pyrrole nitrogens is 4. The number of urea groups is 1. The highest BCUT2D eigenvalue weighted by molar-refractivity contribution is 6.14. The van der Waals surface area contributed by atoms with Crippen LogP contribution in [0.25, 0.3) is 22.1 Å². The predicted octanol–water partition coefficient (Wildman–Crippen LogP) is 8.62. The van der Waals surface area contributed by atoms with Crippen LogP contribution in [0.5, 0.6) is 0 Å². The number of anilines is 7. The predicted molar refractivity (Wildman–Crippen MR) is 322 cm³/mol. The molecule has 12 rings (SSSR count). The SMILES string of the molecule is Cc1cc(N2CCN(C(=O)Nc3ccccc3)CC2)ccc1NC(=O)c1nc[nH]c1C(=O)Nc1nc2ccccc2[nH]1.Cc1cc(N2CCNCC2)ccc1NC(=O)c1nc[nH]c1C(=O)Nc1nc2ccccc2[nH]1.O=C=Nc1ccccc1. The number of fused-ring (bicyclic) bond motifs is 2. The molecular weight excluding hydrogens is 1070 g/mol. The van der Waals surface area contributed by atoms with Crippen LogP contribution in [0.15, 0.2) is 163 Å². The van der Waals surface area contributed by atoms with Crippen LogP contribution < -0.4 is 41.7 Å². The molecule has 0 bridgehead atoms. The van der Waals surface area contributed by atoms with E-state index in [0.717, 1.165) is 70.9 Å². The summed E-state index contributed by atoms with van der Waals surface area (Å²) in [6.45, 7) is 10.2. The summed E-state index contributed by atoms with van der Waals surface area (Å²) in [4.78, 5) is 112. The van der Waals surface area contributed by atoms with E-state index in [-0.39, 0.29) is 34.8 Å². The number of piperazine rings is 2. The number of imidazole rings is 4. The van der Waals surface area contributed by atoms with Gasteiger partial charge in [0.25, 0.3) is 23.6 Å². The Morgan fingerprint density at radius 3 is 1.45 bits per heavy atom. The number of hydrogen-bond acceptors (Lipinski definition) is 14. The number of para-hydroxylation sites is 6. The van der Waals surface area contributed by atoms with Crippen LogP contribution in [0, 0.1) is 13.8 Å². The van der Waals surface area contributed by atoms with Gasteiger partial charge in [-0.1, -0.05) is 60.7 Å². The molecule has 24 nitrogen and oxygen atoms in total. The van der Waals surface area contributed by atoms with Crippen molar-refractivity contribution in [2.75, 3.05) is 88.7 Å². The molecule has 6 amide bonds. The smallest absolute Gasteiger partial charge is 0.321 e. The molecule has 6 heterocycles. The Balaban J connectivity index is 0.000000166. The summed E-state index contributed by atoms with van der Waals surface area (Å²) >= 11 is 0. The summed E-state index contributed by atoms with van der Waals surface area (Å²) in [7, 11) is 0. The van der Waals surface area contributed by atoms with E-state index in [9.17, 15) is 28.8 Å². The summed E-state index contributed by atoms with van der Waals surface area (Å²) < 4.78 is 0. The largest absolute Gasteiger partial charge is 0.369 e. The molecule has 2 aliphatic rings. The molecule has 0 unspecified atom stereocenters. The van der Waals surface area contributed by atoms with E-state index >= 15 is 0 Å². The average molecular weight is 1130 g/mol. The average Bonchev–Trinajstić information content (AvgIpc) is 4.54. The highest BCUT2D eigenvalue weighted by atomic mass is 16.2. The lowest BCUT2D eigenvalue weighted by Crippen LogP contribution is -2.50. The van der Waals surface area contributed by atoms with Gasteiger partial charge in [0.2, 0.25) is 18.0 Å². The van der Waals surface area contributed by atoms with Gasteiger partial charge in [-0.25, -0.2) is 29.5 Å². The van der Waals surface area contributed by atoms with E-state index in [1.807, 2.05) is 141 Å². The zero-order chi connectivity index (χ0) is 58.4. The highest BCUT2D eigenvalue weighted by Crippen LogP contribution is 2.27. The fourth-order valence-corrected chi connectivity index (χ4v) is 9.35. The standard InChI is InChI=1S/C30H29N9O3.C23H24N8O2.C7H5NO/c1-19-17-21(38-13-15-39(16-14-38)30(42)33-20-7-3-2-4-8-20)11-12-22(19)34-27(40)25-26(32-18-31-25)28(41)37-29-35-23-9-5-6-10-24(23)36-29;1-14-12-15(31-10-8-24-9-11-31)6-7-16(14)27-21(32)19-20(26-13-25-19)22(33)30-23-28-17-4-2-3-5-18(17)29-23;9-6-8-7-4-2-1-3-5-7/h2-12,17-18H,13-16H2,1H3,(H,31,32)(H,33,42)(H,34,40)(H2,35,36,37,41);2-7,12-13,24H,8-11H2,1H3,(H,25,26)(H,27,32)(H2,28,29,30,33);1-5H. The first-order chi connectivity index (χ1) is 41.0. The van der Waals surface area contributed by atoms with Gasteiger partial charge in [-0.05, 0) is 110 Å². The van der Waals surface area contributed by atoms with E-state index in [4.69, 9.17) is 0 Å². The molecule has 4 aromatic heterocycles. The second kappa shape index (κ2) is 26.4. The Bertz CT molecular complexity index is 3940. The summed E-state index contributed by atoms with van der Waals surface area (Å²) in [5.41, 5.74) is 9.70. The molecule has 0 atom stereocenters. The molecule has 10 aromatic rings. The number of amides is 6. The maximum absolute atomic E-state index is 13.1. The first kappa shape index (κ1) is 56.1. The second-order valence-electron chi connectivity index (χ2n) is 19.3. The number of benzene rings is 6. The van der Waals surface area contributed by atoms with Crippen molar-refractivity contribution in [3.05, 3.63) is 192 Å². The number of aliphatic imine (C=N–C) groups is 1. The van der Waals surface area contributed by atoms with Gasteiger partial charge in [0.05, 0.1) is 40.4 Å². The number of aromatic amines is 4. The summed E-state index contributed by atoms with van der Waals surface area (Å²) in [5, 5.41) is 17.4. The number of isocyanates is 1. The van der Waals surface area contributed by atoms with Gasteiger partial charge < -0.3 is 55.9 Å². The molecule has 2 saturated heterocycles. The maximum atomic E-state index is 13.1. The van der Waals surface area contributed by atoms with E-state index in [2.05, 4.69) is 92.6 Å². The fourth-order valence-electron chi connectivity index (χ4n) is 9.35. The van der Waals surface area contributed by atoms with Gasteiger partial charge >= 0.3 is 6.03 Å². The zero-order valence-electron chi connectivity index (χ0n) is 45.7. The molecule has 0 spiro atoms. The molecule has 0 radical (unpaired) electrons. The Morgan fingerprint density at radius 2 is 0.976 bits per heavy atom. The van der Waals surface area contributed by atoms with Crippen LogP contribution in [0.4, 0.5) is 50.8 Å². The number of nitrogens with one attached hydrogen (secondary N) is 10.